The third-order valence-electron chi connectivity index (χ3n) is 2.08. The van der Waals surface area contributed by atoms with E-state index >= 15 is 0 Å². The van der Waals surface area contributed by atoms with Crippen molar-refractivity contribution in [1.82, 2.24) is 0 Å². The lowest BCUT2D eigenvalue weighted by Crippen LogP contribution is -1.89. The lowest BCUT2D eigenvalue weighted by Gasteiger charge is -2.03. The van der Waals surface area contributed by atoms with Gasteiger partial charge < -0.3 is 9.47 Å². The molecule has 0 aliphatic heterocycles. The van der Waals surface area contributed by atoms with Crippen LogP contribution in [-0.2, 0) is 0 Å². The van der Waals surface area contributed by atoms with Crippen LogP contribution in [0.3, 0.4) is 0 Å². The molecule has 6 heteroatoms. The number of nitrogens with zero attached hydrogens (tertiary/aromatic N) is 1. The van der Waals surface area contributed by atoms with Crippen molar-refractivity contribution in [2.75, 3.05) is 7.11 Å². The van der Waals surface area contributed by atoms with Gasteiger partial charge in [-0.15, -0.1) is 11.3 Å². The Hall–Kier alpha value is -2.08. The summed E-state index contributed by atoms with van der Waals surface area (Å²) in [6, 6.07) is 8.28. The van der Waals surface area contributed by atoms with Gasteiger partial charge in [0.1, 0.15) is 11.5 Å². The first-order chi connectivity index (χ1) is 8.20. The molecule has 0 radical (unpaired) electrons. The summed E-state index contributed by atoms with van der Waals surface area (Å²) < 4.78 is 10.4. The molecule has 0 unspecified atom stereocenters. The summed E-state index contributed by atoms with van der Waals surface area (Å²) in [6.07, 6.45) is 0. The highest BCUT2D eigenvalue weighted by molar-refractivity contribution is 7.12. The standard InChI is InChI=1S/C11H9NO4S/c1-15-8-2-4-9(5-3-8)16-11-10(12(13)14)6-7-17-11/h2-7H,1H3. The molecule has 1 heterocycles. The van der Waals surface area contributed by atoms with E-state index in [1.165, 1.54) is 17.4 Å². The highest BCUT2D eigenvalue weighted by atomic mass is 32.1. The highest BCUT2D eigenvalue weighted by Gasteiger charge is 2.17. The van der Waals surface area contributed by atoms with E-state index in [2.05, 4.69) is 0 Å². The van der Waals surface area contributed by atoms with E-state index in [1.54, 1.807) is 36.8 Å². The maximum atomic E-state index is 10.7. The minimum Gasteiger partial charge on any atom is -0.497 e. The van der Waals surface area contributed by atoms with Crippen molar-refractivity contribution >= 4 is 17.0 Å². The number of hydrogen-bond donors (Lipinski definition) is 0. The molecule has 0 aliphatic rings. The summed E-state index contributed by atoms with van der Waals surface area (Å²) in [4.78, 5) is 10.2. The second-order valence-electron chi connectivity index (χ2n) is 3.13. The first kappa shape index (κ1) is 11.4. The SMILES string of the molecule is COc1ccc(Oc2sccc2[N+](=O)[O-])cc1. The Morgan fingerprint density at radius 2 is 1.82 bits per heavy atom. The minimum atomic E-state index is -0.463. The molecule has 0 aliphatic carbocycles. The molecule has 0 atom stereocenters. The Morgan fingerprint density at radius 3 is 2.41 bits per heavy atom. The van der Waals surface area contributed by atoms with Crippen LogP contribution in [0.5, 0.6) is 16.6 Å². The zero-order chi connectivity index (χ0) is 12.3. The molecular weight excluding hydrogens is 242 g/mol. The number of benzene rings is 1. The Balaban J connectivity index is 2.19. The number of hydrogen-bond acceptors (Lipinski definition) is 5. The van der Waals surface area contributed by atoms with Gasteiger partial charge in [0.05, 0.1) is 12.0 Å². The number of thiophene rings is 1. The van der Waals surface area contributed by atoms with Crippen LogP contribution in [-0.4, -0.2) is 12.0 Å². The second kappa shape index (κ2) is 4.84. The molecule has 2 rings (SSSR count). The third kappa shape index (κ3) is 2.54. The molecule has 0 N–H and O–H groups in total. The van der Waals surface area contributed by atoms with Crippen molar-refractivity contribution in [3.63, 3.8) is 0 Å². The molecule has 0 bridgehead atoms. The van der Waals surface area contributed by atoms with Crippen molar-refractivity contribution < 1.29 is 14.4 Å². The summed E-state index contributed by atoms with van der Waals surface area (Å²) >= 11 is 1.19. The van der Waals surface area contributed by atoms with E-state index in [0.29, 0.717) is 11.5 Å². The van der Waals surface area contributed by atoms with E-state index in [-0.39, 0.29) is 10.8 Å². The molecule has 88 valence electrons. The number of methoxy groups -OCH3 is 1. The Kier molecular flexibility index (Phi) is 3.24. The summed E-state index contributed by atoms with van der Waals surface area (Å²) in [7, 11) is 1.57. The molecule has 0 saturated carbocycles. The summed E-state index contributed by atoms with van der Waals surface area (Å²) in [6.45, 7) is 0. The van der Waals surface area contributed by atoms with E-state index in [9.17, 15) is 10.1 Å². The number of rotatable bonds is 4. The van der Waals surface area contributed by atoms with Gasteiger partial charge in [-0.1, -0.05) is 0 Å². The van der Waals surface area contributed by atoms with E-state index in [4.69, 9.17) is 9.47 Å². The van der Waals surface area contributed by atoms with E-state index < -0.39 is 4.92 Å². The molecule has 2 aromatic rings. The maximum absolute atomic E-state index is 10.7. The fourth-order valence-electron chi connectivity index (χ4n) is 1.25. The van der Waals surface area contributed by atoms with Crippen LogP contribution in [0.15, 0.2) is 35.7 Å². The molecule has 0 amide bonds. The lowest BCUT2D eigenvalue weighted by atomic mass is 10.3. The first-order valence-electron chi connectivity index (χ1n) is 4.74. The fourth-order valence-corrected chi connectivity index (χ4v) is 1.98. The van der Waals surface area contributed by atoms with Crippen LogP contribution in [0.1, 0.15) is 0 Å². The maximum Gasteiger partial charge on any atom is 0.322 e. The van der Waals surface area contributed by atoms with E-state index in [1.807, 2.05) is 0 Å². The van der Waals surface area contributed by atoms with Crippen molar-refractivity contribution in [2.45, 2.75) is 0 Å². The van der Waals surface area contributed by atoms with Crippen LogP contribution in [0.4, 0.5) is 5.69 Å². The van der Waals surface area contributed by atoms with Crippen molar-refractivity contribution in [3.05, 3.63) is 45.8 Å². The summed E-state index contributed by atoms with van der Waals surface area (Å²) in [5.74, 6) is 1.24. The fraction of sp³-hybridized carbons (Fsp3) is 0.0909. The zero-order valence-electron chi connectivity index (χ0n) is 8.95. The number of nitro groups is 1. The quantitative estimate of drug-likeness (QED) is 0.616. The average Bonchev–Trinajstić information content (AvgIpc) is 2.78. The highest BCUT2D eigenvalue weighted by Crippen LogP contribution is 2.36. The van der Waals surface area contributed by atoms with Gasteiger partial charge in [0.15, 0.2) is 0 Å². The normalized spacial score (nSPS) is 9.94. The van der Waals surface area contributed by atoms with Gasteiger partial charge >= 0.3 is 5.69 Å². The van der Waals surface area contributed by atoms with Gasteiger partial charge in [-0.3, -0.25) is 10.1 Å². The predicted molar refractivity (Wildman–Crippen MR) is 64.0 cm³/mol. The molecular formula is C11H9NO4S. The number of ether oxygens (including phenoxy) is 2. The van der Waals surface area contributed by atoms with Crippen molar-refractivity contribution in [2.24, 2.45) is 0 Å². The third-order valence-corrected chi connectivity index (χ3v) is 2.86. The lowest BCUT2D eigenvalue weighted by molar-refractivity contribution is -0.385. The van der Waals surface area contributed by atoms with Crippen LogP contribution in [0, 0.1) is 10.1 Å². The molecule has 0 fully saturated rings. The molecule has 1 aromatic carbocycles. The van der Waals surface area contributed by atoms with Crippen molar-refractivity contribution in [3.8, 4) is 16.6 Å². The average molecular weight is 251 g/mol. The van der Waals surface area contributed by atoms with Gasteiger partial charge in [0.25, 0.3) is 5.06 Å². The summed E-state index contributed by atoms with van der Waals surface area (Å²) in [5.41, 5.74) is -0.0224. The molecule has 0 saturated heterocycles. The minimum absolute atomic E-state index is 0.0224. The van der Waals surface area contributed by atoms with Gasteiger partial charge in [0.2, 0.25) is 0 Å². The van der Waals surface area contributed by atoms with Gasteiger partial charge in [-0.05, 0) is 24.3 Å². The van der Waals surface area contributed by atoms with Crippen LogP contribution < -0.4 is 9.47 Å². The van der Waals surface area contributed by atoms with Crippen molar-refractivity contribution in [1.29, 1.82) is 0 Å². The molecule has 0 spiro atoms. The monoisotopic (exact) mass is 251 g/mol. The zero-order valence-corrected chi connectivity index (χ0v) is 9.77. The smallest absolute Gasteiger partial charge is 0.322 e. The van der Waals surface area contributed by atoms with Gasteiger partial charge in [-0.25, -0.2) is 0 Å². The largest absolute Gasteiger partial charge is 0.497 e. The van der Waals surface area contributed by atoms with Gasteiger partial charge in [-0.2, -0.15) is 0 Å². The predicted octanol–water partition coefficient (Wildman–Crippen LogP) is 3.46. The summed E-state index contributed by atoms with van der Waals surface area (Å²) in [5, 5.41) is 12.6. The molecule has 1 aromatic heterocycles. The van der Waals surface area contributed by atoms with E-state index in [0.717, 1.165) is 0 Å². The second-order valence-corrected chi connectivity index (χ2v) is 4.01. The van der Waals surface area contributed by atoms with Crippen LogP contribution in [0.2, 0.25) is 0 Å². The Labute approximate surface area is 101 Å². The Bertz CT molecular complexity index is 521. The van der Waals surface area contributed by atoms with Crippen LogP contribution in [0.25, 0.3) is 0 Å². The molecule has 5 nitrogen and oxygen atoms in total. The first-order valence-corrected chi connectivity index (χ1v) is 5.62. The molecule has 17 heavy (non-hydrogen) atoms. The van der Waals surface area contributed by atoms with Gasteiger partial charge in [0, 0.05) is 11.4 Å². The van der Waals surface area contributed by atoms with Crippen LogP contribution >= 0.6 is 11.3 Å². The Morgan fingerprint density at radius 1 is 1.18 bits per heavy atom. The topological polar surface area (TPSA) is 61.6 Å².